The summed E-state index contributed by atoms with van der Waals surface area (Å²) >= 11 is 0. The first-order chi connectivity index (χ1) is 11.3. The lowest BCUT2D eigenvalue weighted by Crippen LogP contribution is -2.31. The molecule has 0 bridgehead atoms. The molecule has 7 nitrogen and oxygen atoms in total. The Hall–Kier alpha value is -2.02. The van der Waals surface area contributed by atoms with E-state index >= 15 is 0 Å². The highest BCUT2D eigenvalue weighted by molar-refractivity contribution is 5.31. The van der Waals surface area contributed by atoms with Gasteiger partial charge in [-0.15, -0.1) is 0 Å². The molecule has 0 saturated carbocycles. The van der Waals surface area contributed by atoms with Crippen molar-refractivity contribution in [3.63, 3.8) is 0 Å². The fraction of sp³-hybridized carbons (Fsp3) is 0.625. The highest BCUT2D eigenvalue weighted by atomic mass is 16.5. The maximum absolute atomic E-state index is 5.62. The normalized spacial score (nSPS) is 14.7. The third-order valence-electron chi connectivity index (χ3n) is 3.95. The number of aromatic nitrogens is 4. The molecule has 0 atom stereocenters. The van der Waals surface area contributed by atoms with Crippen molar-refractivity contribution in [3.05, 3.63) is 29.3 Å². The van der Waals surface area contributed by atoms with Gasteiger partial charge in [-0.2, -0.15) is 4.98 Å². The van der Waals surface area contributed by atoms with E-state index in [4.69, 9.17) is 9.26 Å². The van der Waals surface area contributed by atoms with Crippen molar-refractivity contribution in [2.75, 3.05) is 13.2 Å². The molecule has 0 amide bonds. The number of unbranched alkanes of at least 4 members (excludes halogenated alkanes) is 1. The highest BCUT2D eigenvalue weighted by Crippen LogP contribution is 2.25. The third kappa shape index (κ3) is 3.85. The number of hydrogen-bond acceptors (Lipinski definition) is 7. The molecule has 0 aliphatic carbocycles. The van der Waals surface area contributed by atoms with Crippen LogP contribution in [-0.2, 0) is 25.9 Å². The van der Waals surface area contributed by atoms with E-state index in [1.807, 2.05) is 6.92 Å². The van der Waals surface area contributed by atoms with Gasteiger partial charge in [0.1, 0.15) is 6.33 Å². The standard InChI is InChI=1S/C16H23N5O2/c1-3-5-6-14-19-15(23-20-14)10-21-8-7-13-12(9-21)16(22-4-2)18-11-17-13/h11H,3-10H2,1-2H3. The summed E-state index contributed by atoms with van der Waals surface area (Å²) in [4.78, 5) is 15.4. The minimum Gasteiger partial charge on any atom is -0.478 e. The monoisotopic (exact) mass is 317 g/mol. The van der Waals surface area contributed by atoms with Gasteiger partial charge >= 0.3 is 0 Å². The largest absolute Gasteiger partial charge is 0.478 e. The molecule has 3 heterocycles. The van der Waals surface area contributed by atoms with Crippen molar-refractivity contribution < 1.29 is 9.26 Å². The molecule has 23 heavy (non-hydrogen) atoms. The van der Waals surface area contributed by atoms with Crippen molar-refractivity contribution in [3.8, 4) is 5.88 Å². The van der Waals surface area contributed by atoms with Gasteiger partial charge in [0.05, 0.1) is 18.8 Å². The first kappa shape index (κ1) is 15.9. The van der Waals surface area contributed by atoms with Gasteiger partial charge in [-0.25, -0.2) is 9.97 Å². The Morgan fingerprint density at radius 3 is 3.04 bits per heavy atom. The van der Waals surface area contributed by atoms with Crippen LogP contribution in [0.1, 0.15) is 49.7 Å². The summed E-state index contributed by atoms with van der Waals surface area (Å²) in [5.41, 5.74) is 2.15. The molecule has 0 saturated heterocycles. The maximum atomic E-state index is 5.62. The van der Waals surface area contributed by atoms with E-state index in [1.165, 1.54) is 0 Å². The lowest BCUT2D eigenvalue weighted by atomic mass is 10.1. The average Bonchev–Trinajstić information content (AvgIpc) is 3.01. The quantitative estimate of drug-likeness (QED) is 0.774. The number of fused-ring (bicyclic) bond motifs is 1. The Bertz CT molecular complexity index is 643. The fourth-order valence-electron chi connectivity index (χ4n) is 2.75. The molecule has 0 fully saturated rings. The molecular formula is C16H23N5O2. The van der Waals surface area contributed by atoms with E-state index < -0.39 is 0 Å². The zero-order chi connectivity index (χ0) is 16.1. The Balaban J connectivity index is 1.66. The molecule has 0 N–H and O–H groups in total. The molecule has 0 unspecified atom stereocenters. The summed E-state index contributed by atoms with van der Waals surface area (Å²) in [6.45, 7) is 7.04. The van der Waals surface area contributed by atoms with E-state index in [0.29, 0.717) is 24.9 Å². The lowest BCUT2D eigenvalue weighted by molar-refractivity contribution is 0.202. The Morgan fingerprint density at radius 2 is 2.22 bits per heavy atom. The second-order valence-electron chi connectivity index (χ2n) is 5.71. The Kier molecular flexibility index (Phi) is 5.17. The molecule has 2 aromatic rings. The molecule has 0 spiro atoms. The van der Waals surface area contributed by atoms with E-state index in [0.717, 1.165) is 55.9 Å². The van der Waals surface area contributed by atoms with Crippen LogP contribution in [0.3, 0.4) is 0 Å². The molecule has 1 aliphatic rings. The fourth-order valence-corrected chi connectivity index (χ4v) is 2.75. The molecular weight excluding hydrogens is 294 g/mol. The van der Waals surface area contributed by atoms with Crippen LogP contribution in [0.4, 0.5) is 0 Å². The number of aryl methyl sites for hydroxylation is 1. The van der Waals surface area contributed by atoms with E-state index in [-0.39, 0.29) is 0 Å². The second kappa shape index (κ2) is 7.50. The van der Waals surface area contributed by atoms with Gasteiger partial charge in [-0.05, 0) is 13.3 Å². The highest BCUT2D eigenvalue weighted by Gasteiger charge is 2.23. The van der Waals surface area contributed by atoms with Crippen LogP contribution in [0, 0.1) is 0 Å². The van der Waals surface area contributed by atoms with Crippen LogP contribution in [0.2, 0.25) is 0 Å². The SMILES string of the molecule is CCCCc1noc(CN2CCc3ncnc(OCC)c3C2)n1. The first-order valence-corrected chi connectivity index (χ1v) is 8.29. The van der Waals surface area contributed by atoms with Crippen LogP contribution >= 0.6 is 0 Å². The summed E-state index contributed by atoms with van der Waals surface area (Å²) in [5.74, 6) is 2.17. The van der Waals surface area contributed by atoms with Gasteiger partial charge in [0.2, 0.25) is 11.8 Å². The van der Waals surface area contributed by atoms with Gasteiger partial charge in [-0.1, -0.05) is 18.5 Å². The molecule has 124 valence electrons. The predicted molar refractivity (Wildman–Crippen MR) is 83.9 cm³/mol. The van der Waals surface area contributed by atoms with Crippen molar-refractivity contribution in [1.82, 2.24) is 25.0 Å². The van der Waals surface area contributed by atoms with Crippen LogP contribution in [0.25, 0.3) is 0 Å². The maximum Gasteiger partial charge on any atom is 0.240 e. The third-order valence-corrected chi connectivity index (χ3v) is 3.95. The van der Waals surface area contributed by atoms with Crippen molar-refractivity contribution in [2.45, 2.75) is 52.6 Å². The van der Waals surface area contributed by atoms with Gasteiger partial charge in [0, 0.05) is 31.5 Å². The van der Waals surface area contributed by atoms with Gasteiger partial charge in [0.15, 0.2) is 5.82 Å². The second-order valence-corrected chi connectivity index (χ2v) is 5.71. The number of hydrogen-bond donors (Lipinski definition) is 0. The number of rotatable bonds is 7. The van der Waals surface area contributed by atoms with Gasteiger partial charge in [0.25, 0.3) is 0 Å². The zero-order valence-corrected chi connectivity index (χ0v) is 13.8. The summed E-state index contributed by atoms with van der Waals surface area (Å²) in [6, 6.07) is 0. The lowest BCUT2D eigenvalue weighted by Gasteiger charge is -2.27. The number of ether oxygens (including phenoxy) is 1. The summed E-state index contributed by atoms with van der Waals surface area (Å²) in [7, 11) is 0. The molecule has 1 aliphatic heterocycles. The number of nitrogens with zero attached hydrogens (tertiary/aromatic N) is 5. The molecule has 0 aromatic carbocycles. The van der Waals surface area contributed by atoms with E-state index in [1.54, 1.807) is 6.33 Å². The smallest absolute Gasteiger partial charge is 0.240 e. The van der Waals surface area contributed by atoms with Crippen LogP contribution < -0.4 is 4.74 Å². The molecule has 7 heteroatoms. The predicted octanol–water partition coefficient (Wildman–Crippen LogP) is 2.16. The minimum absolute atomic E-state index is 0.605. The summed E-state index contributed by atoms with van der Waals surface area (Å²) in [5, 5.41) is 4.05. The molecule has 3 rings (SSSR count). The summed E-state index contributed by atoms with van der Waals surface area (Å²) in [6.07, 6.45) is 5.57. The topological polar surface area (TPSA) is 77.2 Å². The van der Waals surface area contributed by atoms with Crippen molar-refractivity contribution >= 4 is 0 Å². The first-order valence-electron chi connectivity index (χ1n) is 8.29. The van der Waals surface area contributed by atoms with Crippen molar-refractivity contribution in [1.29, 1.82) is 0 Å². The van der Waals surface area contributed by atoms with Crippen LogP contribution in [-0.4, -0.2) is 38.2 Å². The van der Waals surface area contributed by atoms with Gasteiger partial charge < -0.3 is 9.26 Å². The summed E-state index contributed by atoms with van der Waals surface area (Å²) < 4.78 is 11.0. The Morgan fingerprint density at radius 1 is 1.30 bits per heavy atom. The molecule has 0 radical (unpaired) electrons. The van der Waals surface area contributed by atoms with Gasteiger partial charge in [-0.3, -0.25) is 4.90 Å². The minimum atomic E-state index is 0.605. The van der Waals surface area contributed by atoms with Crippen LogP contribution in [0.15, 0.2) is 10.9 Å². The molecule has 2 aromatic heterocycles. The van der Waals surface area contributed by atoms with Crippen molar-refractivity contribution in [2.24, 2.45) is 0 Å². The van der Waals surface area contributed by atoms with E-state index in [9.17, 15) is 0 Å². The zero-order valence-electron chi connectivity index (χ0n) is 13.8. The van der Waals surface area contributed by atoms with E-state index in [2.05, 4.69) is 31.9 Å². The Labute approximate surface area is 136 Å². The average molecular weight is 317 g/mol. The van der Waals surface area contributed by atoms with Crippen LogP contribution in [0.5, 0.6) is 5.88 Å².